The van der Waals surface area contributed by atoms with E-state index in [4.69, 9.17) is 14.2 Å². The van der Waals surface area contributed by atoms with E-state index in [0.29, 0.717) is 19.8 Å². The van der Waals surface area contributed by atoms with Crippen LogP contribution < -0.4 is 9.47 Å². The quantitative estimate of drug-likeness (QED) is 0.791. The Hall–Kier alpha value is -2.53. The summed E-state index contributed by atoms with van der Waals surface area (Å²) < 4.78 is 16.4. The minimum absolute atomic E-state index is 0.0852. The van der Waals surface area contributed by atoms with Crippen LogP contribution in [0.3, 0.4) is 0 Å². The molecule has 0 amide bonds. The summed E-state index contributed by atoms with van der Waals surface area (Å²) >= 11 is 0. The first-order chi connectivity index (χ1) is 12.7. The van der Waals surface area contributed by atoms with Crippen molar-refractivity contribution in [1.82, 2.24) is 4.90 Å². The number of methoxy groups -OCH3 is 1. The van der Waals surface area contributed by atoms with Gasteiger partial charge in [0.1, 0.15) is 13.2 Å². The van der Waals surface area contributed by atoms with Crippen molar-refractivity contribution in [2.45, 2.75) is 12.5 Å². The molecule has 5 heteroatoms. The summed E-state index contributed by atoms with van der Waals surface area (Å²) in [6.45, 7) is 3.47. The highest BCUT2D eigenvalue weighted by Crippen LogP contribution is 2.39. The maximum absolute atomic E-state index is 12.4. The Morgan fingerprint density at radius 1 is 1.08 bits per heavy atom. The zero-order valence-electron chi connectivity index (χ0n) is 14.9. The number of ether oxygens (including phenoxy) is 3. The van der Waals surface area contributed by atoms with Gasteiger partial charge in [-0.3, -0.25) is 9.69 Å². The third-order valence-electron chi connectivity index (χ3n) is 5.14. The lowest BCUT2D eigenvalue weighted by atomic mass is 9.89. The summed E-state index contributed by atoms with van der Waals surface area (Å²) in [6, 6.07) is 16.3. The van der Waals surface area contributed by atoms with Crippen molar-refractivity contribution in [3.63, 3.8) is 0 Å². The van der Waals surface area contributed by atoms with Gasteiger partial charge in [-0.1, -0.05) is 36.4 Å². The van der Waals surface area contributed by atoms with E-state index in [9.17, 15) is 4.79 Å². The first-order valence-electron chi connectivity index (χ1n) is 8.98. The van der Waals surface area contributed by atoms with E-state index in [-0.39, 0.29) is 17.8 Å². The van der Waals surface area contributed by atoms with Crippen molar-refractivity contribution < 1.29 is 19.0 Å². The lowest BCUT2D eigenvalue weighted by molar-refractivity contribution is -0.145. The molecule has 0 N–H and O–H groups in total. The fourth-order valence-electron chi connectivity index (χ4n) is 3.87. The lowest BCUT2D eigenvalue weighted by Crippen LogP contribution is -2.24. The van der Waals surface area contributed by atoms with Crippen LogP contribution in [-0.2, 0) is 16.1 Å². The number of hydrogen-bond donors (Lipinski definition) is 0. The number of fused-ring (bicyclic) bond motifs is 1. The second-order valence-corrected chi connectivity index (χ2v) is 6.82. The molecule has 0 aliphatic carbocycles. The molecule has 0 spiro atoms. The van der Waals surface area contributed by atoms with E-state index in [1.54, 1.807) is 0 Å². The number of esters is 1. The van der Waals surface area contributed by atoms with E-state index in [0.717, 1.165) is 30.2 Å². The lowest BCUT2D eigenvalue weighted by Gasteiger charge is -2.22. The monoisotopic (exact) mass is 353 g/mol. The van der Waals surface area contributed by atoms with Crippen molar-refractivity contribution >= 4 is 5.97 Å². The number of nitrogens with zero attached hydrogens (tertiary/aromatic N) is 1. The van der Waals surface area contributed by atoms with Gasteiger partial charge in [0.2, 0.25) is 0 Å². The fraction of sp³-hybridized carbons (Fsp3) is 0.381. The Kier molecular flexibility index (Phi) is 4.80. The highest BCUT2D eigenvalue weighted by molar-refractivity contribution is 5.74. The molecule has 0 aromatic heterocycles. The summed E-state index contributed by atoms with van der Waals surface area (Å²) in [5, 5.41) is 0. The van der Waals surface area contributed by atoms with Gasteiger partial charge in [0.25, 0.3) is 0 Å². The zero-order valence-corrected chi connectivity index (χ0v) is 14.9. The van der Waals surface area contributed by atoms with Crippen LogP contribution in [0, 0.1) is 5.92 Å². The van der Waals surface area contributed by atoms with Crippen LogP contribution in [0.15, 0.2) is 48.5 Å². The molecule has 1 saturated heterocycles. The summed E-state index contributed by atoms with van der Waals surface area (Å²) in [6.07, 6.45) is 0. The summed E-state index contributed by atoms with van der Waals surface area (Å²) in [4.78, 5) is 14.7. The van der Waals surface area contributed by atoms with Crippen molar-refractivity contribution in [2.75, 3.05) is 33.4 Å². The third-order valence-corrected chi connectivity index (χ3v) is 5.14. The highest BCUT2D eigenvalue weighted by Gasteiger charge is 2.39. The van der Waals surface area contributed by atoms with Crippen LogP contribution in [0.2, 0.25) is 0 Å². The number of carbonyl (C=O) groups excluding carboxylic acids is 1. The van der Waals surface area contributed by atoms with Gasteiger partial charge in [-0.15, -0.1) is 0 Å². The molecule has 2 unspecified atom stereocenters. The van der Waals surface area contributed by atoms with Crippen molar-refractivity contribution in [2.24, 2.45) is 5.92 Å². The molecule has 0 saturated carbocycles. The topological polar surface area (TPSA) is 48.0 Å². The summed E-state index contributed by atoms with van der Waals surface area (Å²) in [5.41, 5.74) is 2.35. The van der Waals surface area contributed by atoms with E-state index < -0.39 is 0 Å². The van der Waals surface area contributed by atoms with Gasteiger partial charge in [0.15, 0.2) is 11.5 Å². The van der Waals surface area contributed by atoms with E-state index in [1.807, 2.05) is 36.4 Å². The molecule has 4 rings (SSSR count). The van der Waals surface area contributed by atoms with Gasteiger partial charge in [0.05, 0.1) is 13.0 Å². The Morgan fingerprint density at radius 3 is 2.62 bits per heavy atom. The maximum atomic E-state index is 12.4. The average molecular weight is 353 g/mol. The predicted octanol–water partition coefficient (Wildman–Crippen LogP) is 2.85. The fourth-order valence-corrected chi connectivity index (χ4v) is 3.87. The maximum Gasteiger partial charge on any atom is 0.310 e. The van der Waals surface area contributed by atoms with Gasteiger partial charge in [0, 0.05) is 25.6 Å². The van der Waals surface area contributed by atoms with Gasteiger partial charge >= 0.3 is 5.97 Å². The standard InChI is InChI=1S/C21H23NO4/c1-24-21(23)18-14-22(12-15-5-3-2-4-6-15)13-17(18)16-7-8-19-20(11-16)26-10-9-25-19/h2-8,11,17-18H,9-10,12-14H2,1H3. The molecule has 1 fully saturated rings. The second kappa shape index (κ2) is 7.38. The minimum Gasteiger partial charge on any atom is -0.486 e. The van der Waals surface area contributed by atoms with Crippen LogP contribution in [0.1, 0.15) is 17.0 Å². The number of hydrogen-bond acceptors (Lipinski definition) is 5. The molecule has 2 atom stereocenters. The van der Waals surface area contributed by atoms with Crippen LogP contribution in [0.5, 0.6) is 11.5 Å². The molecular formula is C21H23NO4. The smallest absolute Gasteiger partial charge is 0.310 e. The summed E-state index contributed by atoms with van der Waals surface area (Å²) in [7, 11) is 1.46. The van der Waals surface area contributed by atoms with Crippen LogP contribution in [0.4, 0.5) is 0 Å². The largest absolute Gasteiger partial charge is 0.486 e. The molecule has 26 heavy (non-hydrogen) atoms. The first-order valence-corrected chi connectivity index (χ1v) is 8.98. The van der Waals surface area contributed by atoms with Gasteiger partial charge < -0.3 is 14.2 Å². The molecule has 0 radical (unpaired) electrons. The van der Waals surface area contributed by atoms with E-state index >= 15 is 0 Å². The number of benzene rings is 2. The molecule has 2 heterocycles. The number of carbonyl (C=O) groups is 1. The van der Waals surface area contributed by atoms with Crippen LogP contribution in [0.25, 0.3) is 0 Å². The van der Waals surface area contributed by atoms with Crippen molar-refractivity contribution in [3.05, 3.63) is 59.7 Å². The SMILES string of the molecule is COC(=O)C1CN(Cc2ccccc2)CC1c1ccc2c(c1)OCCO2. The van der Waals surface area contributed by atoms with Gasteiger partial charge in [-0.2, -0.15) is 0 Å². The molecule has 2 aliphatic heterocycles. The van der Waals surface area contributed by atoms with Crippen LogP contribution in [-0.4, -0.2) is 44.3 Å². The zero-order chi connectivity index (χ0) is 17.9. The normalized spacial score (nSPS) is 22.2. The molecule has 5 nitrogen and oxygen atoms in total. The molecular weight excluding hydrogens is 330 g/mol. The van der Waals surface area contributed by atoms with Crippen molar-refractivity contribution in [3.8, 4) is 11.5 Å². The Bertz CT molecular complexity index is 777. The Morgan fingerprint density at radius 2 is 1.85 bits per heavy atom. The first kappa shape index (κ1) is 16.9. The molecule has 0 bridgehead atoms. The van der Waals surface area contributed by atoms with E-state index in [2.05, 4.69) is 17.0 Å². The molecule has 2 aromatic rings. The van der Waals surface area contributed by atoms with Gasteiger partial charge in [-0.25, -0.2) is 0 Å². The molecule has 2 aromatic carbocycles. The van der Waals surface area contributed by atoms with Crippen LogP contribution >= 0.6 is 0 Å². The average Bonchev–Trinajstić information content (AvgIpc) is 3.11. The Balaban J connectivity index is 1.57. The number of rotatable bonds is 4. The third kappa shape index (κ3) is 3.40. The predicted molar refractivity (Wildman–Crippen MR) is 97.4 cm³/mol. The summed E-state index contributed by atoms with van der Waals surface area (Å²) in [5.74, 6) is 1.29. The second-order valence-electron chi connectivity index (χ2n) is 6.82. The number of likely N-dealkylation sites (tertiary alicyclic amines) is 1. The minimum atomic E-state index is -0.175. The Labute approximate surface area is 153 Å². The molecule has 2 aliphatic rings. The highest BCUT2D eigenvalue weighted by atomic mass is 16.6. The molecule has 136 valence electrons. The van der Waals surface area contributed by atoms with Gasteiger partial charge in [-0.05, 0) is 23.3 Å². The van der Waals surface area contributed by atoms with E-state index in [1.165, 1.54) is 12.7 Å². The van der Waals surface area contributed by atoms with Crippen molar-refractivity contribution in [1.29, 1.82) is 0 Å².